The maximum atomic E-state index is 13.6. The number of aromatic amines is 1. The van der Waals surface area contributed by atoms with Crippen LogP contribution < -0.4 is 21.7 Å². The molecule has 0 radical (unpaired) electrons. The van der Waals surface area contributed by atoms with E-state index in [1.807, 2.05) is 54.6 Å². The van der Waals surface area contributed by atoms with E-state index in [1.165, 1.54) is 0 Å². The number of H-pyrrole nitrogens is 1. The maximum Gasteiger partial charge on any atom is 0.326 e. The van der Waals surface area contributed by atoms with E-state index in [4.69, 9.17) is 5.73 Å². The summed E-state index contributed by atoms with van der Waals surface area (Å²) in [5.41, 5.74) is 9.18. The van der Waals surface area contributed by atoms with E-state index in [-0.39, 0.29) is 25.7 Å². The van der Waals surface area contributed by atoms with E-state index in [1.54, 1.807) is 36.5 Å². The van der Waals surface area contributed by atoms with Crippen molar-refractivity contribution < 1.29 is 34.2 Å². The van der Waals surface area contributed by atoms with Crippen LogP contribution in [0.15, 0.2) is 91.1 Å². The number of aromatic nitrogens is 1. The van der Waals surface area contributed by atoms with Gasteiger partial charge in [-0.15, -0.1) is 0 Å². The van der Waals surface area contributed by atoms with Gasteiger partial charge < -0.3 is 36.9 Å². The van der Waals surface area contributed by atoms with Gasteiger partial charge in [-0.2, -0.15) is 0 Å². The van der Waals surface area contributed by atoms with Crippen molar-refractivity contribution in [1.29, 1.82) is 0 Å². The van der Waals surface area contributed by atoms with Crippen molar-refractivity contribution in [3.63, 3.8) is 0 Å². The molecule has 8 N–H and O–H groups in total. The molecule has 0 saturated heterocycles. The Bertz CT molecular complexity index is 1660. The number of para-hydroxylation sites is 1. The summed E-state index contributed by atoms with van der Waals surface area (Å²) in [5.74, 6) is -4.72. The minimum atomic E-state index is -1.40. The number of hydrogen-bond acceptors (Lipinski definition) is 6. The van der Waals surface area contributed by atoms with Gasteiger partial charge in [-0.05, 0) is 35.6 Å². The van der Waals surface area contributed by atoms with Gasteiger partial charge in [0.25, 0.3) is 0 Å². The fourth-order valence-electron chi connectivity index (χ4n) is 5.10. The van der Waals surface area contributed by atoms with Gasteiger partial charge >= 0.3 is 11.9 Å². The number of rotatable bonds is 16. The third kappa shape index (κ3) is 9.50. The molecule has 0 aliphatic rings. The molecule has 4 rings (SSSR count). The molecule has 240 valence electrons. The molecule has 0 aliphatic heterocycles. The average Bonchev–Trinajstić information content (AvgIpc) is 3.45. The third-order valence-electron chi connectivity index (χ3n) is 7.54. The van der Waals surface area contributed by atoms with Gasteiger partial charge in [0.05, 0.1) is 6.04 Å². The lowest BCUT2D eigenvalue weighted by atomic mass is 10.0. The van der Waals surface area contributed by atoms with E-state index in [9.17, 15) is 34.2 Å². The quantitative estimate of drug-likeness (QED) is 0.0975. The minimum absolute atomic E-state index is 0.0576. The van der Waals surface area contributed by atoms with E-state index >= 15 is 0 Å². The molecule has 1 aromatic heterocycles. The van der Waals surface area contributed by atoms with Crippen LogP contribution in [-0.4, -0.2) is 69.0 Å². The van der Waals surface area contributed by atoms with E-state index in [0.29, 0.717) is 5.56 Å². The molecule has 0 saturated carbocycles. The lowest BCUT2D eigenvalue weighted by Gasteiger charge is -2.25. The Kier molecular flexibility index (Phi) is 11.6. The topological polar surface area (TPSA) is 204 Å². The van der Waals surface area contributed by atoms with Crippen LogP contribution in [0.25, 0.3) is 10.9 Å². The normalized spacial score (nSPS) is 13.6. The van der Waals surface area contributed by atoms with E-state index in [0.717, 1.165) is 22.0 Å². The van der Waals surface area contributed by atoms with Gasteiger partial charge in [-0.25, -0.2) is 4.79 Å². The van der Waals surface area contributed by atoms with Crippen molar-refractivity contribution in [1.82, 2.24) is 20.9 Å². The summed E-state index contributed by atoms with van der Waals surface area (Å²) in [5, 5.41) is 27.7. The molecule has 0 bridgehead atoms. The van der Waals surface area contributed by atoms with Crippen LogP contribution in [0.2, 0.25) is 0 Å². The van der Waals surface area contributed by atoms with Crippen LogP contribution in [0, 0.1) is 0 Å². The van der Waals surface area contributed by atoms with Gasteiger partial charge in [0.15, 0.2) is 0 Å². The Labute approximate surface area is 265 Å². The van der Waals surface area contributed by atoms with Gasteiger partial charge in [-0.3, -0.25) is 19.2 Å². The number of nitrogens with two attached hydrogens (primary N) is 1. The number of amides is 3. The van der Waals surface area contributed by atoms with Gasteiger partial charge in [0.2, 0.25) is 17.7 Å². The SMILES string of the molecule is NC(Cc1ccccc1)C(=O)NC(Cc1ccccc1)C(=O)NC(CCC(=O)O)C(=O)NC(Cc1c[nH]c2ccccc12)C(=O)O. The summed E-state index contributed by atoms with van der Waals surface area (Å²) in [6.07, 6.45) is 1.10. The van der Waals surface area contributed by atoms with Crippen molar-refractivity contribution in [3.8, 4) is 0 Å². The Morgan fingerprint density at radius 1 is 0.652 bits per heavy atom. The van der Waals surface area contributed by atoms with Crippen LogP contribution in [0.1, 0.15) is 29.5 Å². The predicted molar refractivity (Wildman–Crippen MR) is 171 cm³/mol. The summed E-state index contributed by atoms with van der Waals surface area (Å²) >= 11 is 0. The Morgan fingerprint density at radius 3 is 1.83 bits per heavy atom. The first kappa shape index (κ1) is 33.4. The van der Waals surface area contributed by atoms with Crippen LogP contribution in [0.3, 0.4) is 0 Å². The molecule has 0 fully saturated rings. The smallest absolute Gasteiger partial charge is 0.326 e. The fraction of sp³-hybridized carbons (Fsp3) is 0.265. The minimum Gasteiger partial charge on any atom is -0.481 e. The summed E-state index contributed by atoms with van der Waals surface area (Å²) in [7, 11) is 0. The lowest BCUT2D eigenvalue weighted by molar-refractivity contribution is -0.143. The van der Waals surface area contributed by atoms with Gasteiger partial charge in [-0.1, -0.05) is 78.9 Å². The standard InChI is InChI=1S/C34H37N5O7/c35-25(17-21-9-3-1-4-10-21)31(42)38-28(18-22-11-5-2-6-12-22)33(44)37-27(15-16-30(40)41)32(43)39-29(34(45)46)19-23-20-36-26-14-8-7-13-24(23)26/h1-14,20,25,27-29,36H,15-19,35H2,(H,37,44)(H,38,42)(H,39,43)(H,40,41)(H,45,46). The molecule has 0 spiro atoms. The number of carboxylic acid groups (broad SMARTS) is 2. The number of fused-ring (bicyclic) bond motifs is 1. The molecule has 12 heteroatoms. The molecule has 4 unspecified atom stereocenters. The van der Waals surface area contributed by atoms with Crippen LogP contribution in [0.5, 0.6) is 0 Å². The van der Waals surface area contributed by atoms with Gasteiger partial charge in [0.1, 0.15) is 18.1 Å². The first-order valence-corrected chi connectivity index (χ1v) is 14.8. The highest BCUT2D eigenvalue weighted by atomic mass is 16.4. The molecule has 3 amide bonds. The molecular weight excluding hydrogens is 590 g/mol. The average molecular weight is 628 g/mol. The zero-order valence-corrected chi connectivity index (χ0v) is 25.0. The molecule has 4 aromatic rings. The second-order valence-electron chi connectivity index (χ2n) is 11.0. The highest BCUT2D eigenvalue weighted by Crippen LogP contribution is 2.19. The molecular formula is C34H37N5O7. The largest absolute Gasteiger partial charge is 0.481 e. The summed E-state index contributed by atoms with van der Waals surface area (Å²) < 4.78 is 0. The van der Waals surface area contributed by atoms with Crippen molar-refractivity contribution in [3.05, 3.63) is 108 Å². The highest BCUT2D eigenvalue weighted by Gasteiger charge is 2.31. The van der Waals surface area contributed by atoms with E-state index in [2.05, 4.69) is 20.9 Å². The van der Waals surface area contributed by atoms with Crippen LogP contribution in [0.4, 0.5) is 0 Å². The number of benzene rings is 3. The zero-order valence-electron chi connectivity index (χ0n) is 25.0. The molecule has 46 heavy (non-hydrogen) atoms. The first-order chi connectivity index (χ1) is 22.1. The van der Waals surface area contributed by atoms with Crippen molar-refractivity contribution in [2.75, 3.05) is 0 Å². The highest BCUT2D eigenvalue weighted by molar-refractivity contribution is 5.94. The summed E-state index contributed by atoms with van der Waals surface area (Å²) in [6, 6.07) is 20.4. The Hall–Kier alpha value is -5.49. The second kappa shape index (κ2) is 16.0. The lowest BCUT2D eigenvalue weighted by Crippen LogP contribution is -2.58. The van der Waals surface area contributed by atoms with Gasteiger partial charge in [0, 0.05) is 36.4 Å². The fourth-order valence-corrected chi connectivity index (χ4v) is 5.10. The Morgan fingerprint density at radius 2 is 1.20 bits per heavy atom. The number of carbonyl (C=O) groups excluding carboxylic acids is 3. The number of aliphatic carboxylic acids is 2. The van der Waals surface area contributed by atoms with Crippen molar-refractivity contribution in [2.45, 2.75) is 56.3 Å². The summed E-state index contributed by atoms with van der Waals surface area (Å²) in [6.45, 7) is 0. The zero-order chi connectivity index (χ0) is 33.1. The van der Waals surface area contributed by atoms with Crippen molar-refractivity contribution >= 4 is 40.6 Å². The number of carboxylic acids is 2. The first-order valence-electron chi connectivity index (χ1n) is 14.8. The molecule has 3 aromatic carbocycles. The second-order valence-corrected chi connectivity index (χ2v) is 11.0. The Balaban J connectivity index is 1.50. The molecule has 1 heterocycles. The number of nitrogens with one attached hydrogen (secondary N) is 4. The molecule has 4 atom stereocenters. The molecule has 12 nitrogen and oxygen atoms in total. The maximum absolute atomic E-state index is 13.6. The third-order valence-corrected chi connectivity index (χ3v) is 7.54. The monoisotopic (exact) mass is 627 g/mol. The molecule has 0 aliphatic carbocycles. The van der Waals surface area contributed by atoms with Crippen LogP contribution >= 0.6 is 0 Å². The van der Waals surface area contributed by atoms with Crippen LogP contribution in [-0.2, 0) is 43.2 Å². The van der Waals surface area contributed by atoms with E-state index < -0.39 is 60.2 Å². The van der Waals surface area contributed by atoms with Crippen molar-refractivity contribution in [2.24, 2.45) is 5.73 Å². The number of hydrogen-bond donors (Lipinski definition) is 7. The number of carbonyl (C=O) groups is 5. The summed E-state index contributed by atoms with van der Waals surface area (Å²) in [4.78, 5) is 66.8. The predicted octanol–water partition coefficient (Wildman–Crippen LogP) is 1.93.